The number of hydrogen-bond acceptors (Lipinski definition) is 6. The highest BCUT2D eigenvalue weighted by Gasteiger charge is 2.34. The lowest BCUT2D eigenvalue weighted by Crippen LogP contribution is -2.45. The lowest BCUT2D eigenvalue weighted by atomic mass is 10.1. The van der Waals surface area contributed by atoms with Gasteiger partial charge < -0.3 is 15.1 Å². The van der Waals surface area contributed by atoms with Gasteiger partial charge in [0, 0.05) is 42.7 Å². The first kappa shape index (κ1) is 22.1. The number of nitrogens with one attached hydrogen (secondary N) is 2. The van der Waals surface area contributed by atoms with Gasteiger partial charge >= 0.3 is 6.18 Å². The highest BCUT2D eigenvalue weighted by Crippen LogP contribution is 2.38. The Morgan fingerprint density at radius 1 is 0.912 bits per heavy atom. The van der Waals surface area contributed by atoms with Crippen molar-refractivity contribution in [2.24, 2.45) is 0 Å². The van der Waals surface area contributed by atoms with Crippen molar-refractivity contribution in [1.82, 2.24) is 25.1 Å². The number of anilines is 3. The van der Waals surface area contributed by atoms with E-state index in [-0.39, 0.29) is 11.4 Å². The molecule has 1 saturated heterocycles. The van der Waals surface area contributed by atoms with Crippen LogP contribution in [0.1, 0.15) is 11.1 Å². The number of rotatable bonds is 4. The Labute approximate surface area is 194 Å². The third kappa shape index (κ3) is 4.16. The second-order valence-electron chi connectivity index (χ2n) is 8.42. The maximum Gasteiger partial charge on any atom is 0.417 e. The summed E-state index contributed by atoms with van der Waals surface area (Å²) in [7, 11) is 2.05. The molecule has 5 rings (SSSR count). The Kier molecular flexibility index (Phi) is 5.60. The normalized spacial score (nSPS) is 15.1. The largest absolute Gasteiger partial charge is 0.417 e. The minimum atomic E-state index is -4.52. The molecule has 0 unspecified atom stereocenters. The summed E-state index contributed by atoms with van der Waals surface area (Å²) in [5, 5.41) is 11.4. The van der Waals surface area contributed by atoms with Gasteiger partial charge in [0.25, 0.3) is 0 Å². The average molecular weight is 467 g/mol. The number of aromatic nitrogens is 4. The molecular formula is C24H24F3N7. The molecule has 0 bridgehead atoms. The third-order valence-corrected chi connectivity index (χ3v) is 6.10. The van der Waals surface area contributed by atoms with Crippen molar-refractivity contribution >= 4 is 28.4 Å². The number of H-pyrrole nitrogens is 1. The maximum absolute atomic E-state index is 13.8. The van der Waals surface area contributed by atoms with E-state index >= 15 is 0 Å². The number of para-hydroxylation sites is 1. The summed E-state index contributed by atoms with van der Waals surface area (Å²) in [6.07, 6.45) is -4.52. The van der Waals surface area contributed by atoms with E-state index in [4.69, 9.17) is 0 Å². The Balaban J connectivity index is 1.65. The van der Waals surface area contributed by atoms with Crippen LogP contribution < -0.4 is 10.2 Å². The predicted molar refractivity (Wildman–Crippen MR) is 126 cm³/mol. The molecule has 2 aromatic carbocycles. The zero-order valence-electron chi connectivity index (χ0n) is 18.8. The molecule has 1 fully saturated rings. The second kappa shape index (κ2) is 8.60. The van der Waals surface area contributed by atoms with Crippen molar-refractivity contribution in [3.8, 4) is 11.4 Å². The standard InChI is InChI=1S/C24H24F3N7/c1-15-20(29-22-17-8-4-6-10-19(17)31-32-22)28-21(16-7-3-5-9-18(16)24(25,26)27)30-23(15)34-13-11-33(2)12-14-34/h3-10H,11-14H2,1-2H3,(H2,28,29,30,31,32). The van der Waals surface area contributed by atoms with Gasteiger partial charge in [-0.15, -0.1) is 0 Å². The summed E-state index contributed by atoms with van der Waals surface area (Å²) in [6.45, 7) is 5.00. The molecule has 0 spiro atoms. The first-order chi connectivity index (χ1) is 16.3. The van der Waals surface area contributed by atoms with Crippen LogP contribution in [0.2, 0.25) is 0 Å². The van der Waals surface area contributed by atoms with Gasteiger partial charge in [-0.3, -0.25) is 5.10 Å². The highest BCUT2D eigenvalue weighted by atomic mass is 19.4. The van der Waals surface area contributed by atoms with Crippen LogP contribution >= 0.6 is 0 Å². The Bertz CT molecular complexity index is 1320. The molecule has 3 heterocycles. The van der Waals surface area contributed by atoms with E-state index in [1.54, 1.807) is 6.07 Å². The predicted octanol–water partition coefficient (Wildman–Crippen LogP) is 4.84. The van der Waals surface area contributed by atoms with Crippen LogP contribution in [-0.4, -0.2) is 58.3 Å². The summed E-state index contributed by atoms with van der Waals surface area (Å²) in [5.41, 5.74) is 0.781. The van der Waals surface area contributed by atoms with Gasteiger partial charge in [-0.25, -0.2) is 9.97 Å². The number of benzene rings is 2. The van der Waals surface area contributed by atoms with Gasteiger partial charge in [0.15, 0.2) is 11.6 Å². The van der Waals surface area contributed by atoms with Crippen LogP contribution in [0.3, 0.4) is 0 Å². The van der Waals surface area contributed by atoms with Gasteiger partial charge in [-0.1, -0.05) is 30.3 Å². The van der Waals surface area contributed by atoms with E-state index < -0.39 is 11.7 Å². The minimum absolute atomic E-state index is 0.0230. The number of aromatic amines is 1. The molecule has 1 aliphatic rings. The SMILES string of the molecule is Cc1c(Nc2n[nH]c3ccccc23)nc(-c2ccccc2C(F)(F)F)nc1N1CCN(C)CC1. The Hall–Kier alpha value is -3.66. The van der Waals surface area contributed by atoms with Gasteiger partial charge in [0.1, 0.15) is 11.6 Å². The zero-order chi connectivity index (χ0) is 23.9. The molecule has 2 aromatic heterocycles. The van der Waals surface area contributed by atoms with Crippen LogP contribution in [-0.2, 0) is 6.18 Å². The van der Waals surface area contributed by atoms with Gasteiger partial charge in [0.05, 0.1) is 11.1 Å². The number of likely N-dealkylation sites (N-methyl/N-ethyl adjacent to an activating group) is 1. The van der Waals surface area contributed by atoms with Crippen LogP contribution in [0.5, 0.6) is 0 Å². The van der Waals surface area contributed by atoms with E-state index in [9.17, 15) is 13.2 Å². The summed E-state index contributed by atoms with van der Waals surface area (Å²) >= 11 is 0. The molecule has 10 heteroatoms. The Morgan fingerprint density at radius 3 is 2.38 bits per heavy atom. The summed E-state index contributed by atoms with van der Waals surface area (Å²) in [5.74, 6) is 1.62. The average Bonchev–Trinajstić information content (AvgIpc) is 3.23. The molecule has 0 saturated carbocycles. The molecule has 176 valence electrons. The smallest absolute Gasteiger partial charge is 0.354 e. The van der Waals surface area contributed by atoms with Crippen molar-refractivity contribution in [2.75, 3.05) is 43.4 Å². The Morgan fingerprint density at radius 2 is 1.62 bits per heavy atom. The maximum atomic E-state index is 13.8. The topological polar surface area (TPSA) is 73.0 Å². The fourth-order valence-corrected chi connectivity index (χ4v) is 4.17. The van der Waals surface area contributed by atoms with Crippen molar-refractivity contribution < 1.29 is 13.2 Å². The molecule has 7 nitrogen and oxygen atoms in total. The van der Waals surface area contributed by atoms with Crippen molar-refractivity contribution in [3.63, 3.8) is 0 Å². The van der Waals surface area contributed by atoms with Crippen molar-refractivity contribution in [3.05, 3.63) is 59.7 Å². The summed E-state index contributed by atoms with van der Waals surface area (Å²) in [6, 6.07) is 13.0. The fourth-order valence-electron chi connectivity index (χ4n) is 4.17. The summed E-state index contributed by atoms with van der Waals surface area (Å²) in [4.78, 5) is 13.5. The van der Waals surface area contributed by atoms with Gasteiger partial charge in [-0.2, -0.15) is 18.3 Å². The zero-order valence-corrected chi connectivity index (χ0v) is 18.8. The van der Waals surface area contributed by atoms with Gasteiger partial charge in [0.2, 0.25) is 0 Å². The number of fused-ring (bicyclic) bond motifs is 1. The van der Waals surface area contributed by atoms with E-state index in [0.29, 0.717) is 17.5 Å². The molecule has 0 atom stereocenters. The van der Waals surface area contributed by atoms with E-state index in [2.05, 4.69) is 35.3 Å². The quantitative estimate of drug-likeness (QED) is 0.447. The van der Waals surface area contributed by atoms with E-state index in [1.807, 2.05) is 38.2 Å². The molecule has 2 N–H and O–H groups in total. The number of alkyl halides is 3. The van der Waals surface area contributed by atoms with Crippen LogP contribution in [0.25, 0.3) is 22.3 Å². The molecule has 4 aromatic rings. The first-order valence-corrected chi connectivity index (χ1v) is 11.0. The molecule has 0 radical (unpaired) electrons. The molecule has 1 aliphatic heterocycles. The highest BCUT2D eigenvalue weighted by molar-refractivity contribution is 5.91. The van der Waals surface area contributed by atoms with Crippen LogP contribution in [0.4, 0.5) is 30.6 Å². The van der Waals surface area contributed by atoms with Crippen LogP contribution in [0.15, 0.2) is 48.5 Å². The molecular weight excluding hydrogens is 443 g/mol. The monoisotopic (exact) mass is 467 g/mol. The fraction of sp³-hybridized carbons (Fsp3) is 0.292. The molecule has 34 heavy (non-hydrogen) atoms. The number of nitrogens with zero attached hydrogens (tertiary/aromatic N) is 5. The van der Waals surface area contributed by atoms with Crippen molar-refractivity contribution in [1.29, 1.82) is 0 Å². The molecule has 0 amide bonds. The van der Waals surface area contributed by atoms with Crippen molar-refractivity contribution in [2.45, 2.75) is 13.1 Å². The first-order valence-electron chi connectivity index (χ1n) is 11.0. The number of hydrogen-bond donors (Lipinski definition) is 2. The number of halogens is 3. The summed E-state index contributed by atoms with van der Waals surface area (Å²) < 4.78 is 41.4. The lowest BCUT2D eigenvalue weighted by molar-refractivity contribution is -0.137. The van der Waals surface area contributed by atoms with E-state index in [1.165, 1.54) is 12.1 Å². The number of piperazine rings is 1. The third-order valence-electron chi connectivity index (χ3n) is 6.10. The minimum Gasteiger partial charge on any atom is -0.354 e. The second-order valence-corrected chi connectivity index (χ2v) is 8.42. The van der Waals surface area contributed by atoms with Gasteiger partial charge in [-0.05, 0) is 32.2 Å². The van der Waals surface area contributed by atoms with E-state index in [0.717, 1.165) is 48.7 Å². The van der Waals surface area contributed by atoms with Crippen LogP contribution in [0, 0.1) is 6.92 Å². The lowest BCUT2D eigenvalue weighted by Gasteiger charge is -2.34. The molecule has 0 aliphatic carbocycles.